The molecule has 0 aliphatic heterocycles. The van der Waals surface area contributed by atoms with Gasteiger partial charge < -0.3 is 5.32 Å². The molecule has 0 spiro atoms. The highest BCUT2D eigenvalue weighted by Gasteiger charge is 2.20. The zero-order valence-electron chi connectivity index (χ0n) is 13.9. The summed E-state index contributed by atoms with van der Waals surface area (Å²) in [6.07, 6.45) is 6.19. The number of aryl methyl sites for hydroxylation is 2. The summed E-state index contributed by atoms with van der Waals surface area (Å²) in [6.45, 7) is 9.75. The van der Waals surface area contributed by atoms with Crippen LogP contribution in [-0.4, -0.2) is 12.5 Å². The number of hydrogen-bond donors (Lipinski definition) is 1. The molecule has 0 unspecified atom stereocenters. The number of carbonyl (C=O) groups excluding carboxylic acids is 1. The van der Waals surface area contributed by atoms with Crippen molar-refractivity contribution in [3.05, 3.63) is 21.4 Å². The van der Waals surface area contributed by atoms with Crippen LogP contribution in [0.4, 0.5) is 0 Å². The van der Waals surface area contributed by atoms with Gasteiger partial charge in [-0.25, -0.2) is 0 Å². The van der Waals surface area contributed by atoms with Gasteiger partial charge in [0.1, 0.15) is 0 Å². The molecule has 0 radical (unpaired) electrons. The van der Waals surface area contributed by atoms with Crippen molar-refractivity contribution >= 4 is 17.2 Å². The van der Waals surface area contributed by atoms with Crippen LogP contribution in [-0.2, 0) is 12.8 Å². The number of fused-ring (bicyclic) bond motifs is 1. The number of carbonyl (C=O) groups is 1. The normalized spacial score (nSPS) is 15.4. The van der Waals surface area contributed by atoms with Crippen LogP contribution in [0.5, 0.6) is 0 Å². The molecule has 0 fully saturated rings. The summed E-state index contributed by atoms with van der Waals surface area (Å²) in [6, 6.07) is 2.14. The molecule has 1 aliphatic rings. The van der Waals surface area contributed by atoms with E-state index in [1.54, 1.807) is 11.3 Å². The van der Waals surface area contributed by atoms with Crippen LogP contribution in [0.25, 0.3) is 0 Å². The number of rotatable bonds is 5. The van der Waals surface area contributed by atoms with Crippen LogP contribution >= 0.6 is 11.3 Å². The Morgan fingerprint density at radius 2 is 1.81 bits per heavy atom. The molecule has 2 nitrogen and oxygen atoms in total. The second-order valence-corrected chi connectivity index (χ2v) is 8.12. The van der Waals surface area contributed by atoms with Gasteiger partial charge in [0.25, 0.3) is 5.91 Å². The van der Waals surface area contributed by atoms with Gasteiger partial charge in [-0.15, -0.1) is 11.3 Å². The topological polar surface area (TPSA) is 29.1 Å². The second-order valence-electron chi connectivity index (χ2n) is 6.98. The van der Waals surface area contributed by atoms with E-state index in [9.17, 15) is 4.79 Å². The Kier molecular flexibility index (Phi) is 5.86. The molecule has 0 saturated heterocycles. The average molecular weight is 308 g/mol. The highest BCUT2D eigenvalue weighted by Crippen LogP contribution is 2.29. The summed E-state index contributed by atoms with van der Waals surface area (Å²) in [4.78, 5) is 14.8. The summed E-state index contributed by atoms with van der Waals surface area (Å²) in [5, 5.41) is 3.16. The summed E-state index contributed by atoms with van der Waals surface area (Å²) in [7, 11) is 0. The average Bonchev–Trinajstić information content (AvgIpc) is 2.69. The third-order valence-corrected chi connectivity index (χ3v) is 5.92. The van der Waals surface area contributed by atoms with Gasteiger partial charge in [0, 0.05) is 11.4 Å². The molecule has 1 aromatic rings. The molecule has 21 heavy (non-hydrogen) atoms. The van der Waals surface area contributed by atoms with Crippen LogP contribution in [0, 0.1) is 17.8 Å². The Balaban J connectivity index is 1.97. The molecule has 0 aromatic carbocycles. The first-order valence-electron chi connectivity index (χ1n) is 8.38. The maximum absolute atomic E-state index is 12.4. The number of thiophene rings is 1. The maximum atomic E-state index is 12.4. The fraction of sp³-hybridized carbons (Fsp3) is 0.722. The van der Waals surface area contributed by atoms with E-state index in [4.69, 9.17) is 0 Å². The summed E-state index contributed by atoms with van der Waals surface area (Å²) >= 11 is 1.71. The molecule has 1 N–H and O–H groups in total. The molecule has 1 aromatic heterocycles. The van der Waals surface area contributed by atoms with Gasteiger partial charge in [-0.2, -0.15) is 0 Å². The monoisotopic (exact) mass is 307 g/mol. The first-order valence-corrected chi connectivity index (χ1v) is 9.20. The third kappa shape index (κ3) is 4.32. The smallest absolute Gasteiger partial charge is 0.261 e. The predicted molar refractivity (Wildman–Crippen MR) is 91.1 cm³/mol. The van der Waals surface area contributed by atoms with Crippen LogP contribution in [0.15, 0.2) is 6.07 Å². The second kappa shape index (κ2) is 7.44. The van der Waals surface area contributed by atoms with Gasteiger partial charge in [0.05, 0.1) is 4.88 Å². The standard InChI is InChI=1S/C18H29NOS/c1-12(2)15(13(3)4)11-19-18(20)17-10-14-8-6-5-7-9-16(14)21-17/h10,12-13,15H,5-9,11H2,1-4H3,(H,19,20). The summed E-state index contributed by atoms with van der Waals surface area (Å²) < 4.78 is 0. The Hall–Kier alpha value is -0.830. The molecule has 1 aliphatic carbocycles. The van der Waals surface area contributed by atoms with E-state index in [-0.39, 0.29) is 5.91 Å². The molecule has 0 saturated carbocycles. The number of hydrogen-bond acceptors (Lipinski definition) is 2. The largest absolute Gasteiger partial charge is 0.351 e. The minimum atomic E-state index is 0.124. The van der Waals surface area contributed by atoms with Crippen LogP contribution in [0.2, 0.25) is 0 Å². The van der Waals surface area contributed by atoms with Crippen molar-refractivity contribution in [2.45, 2.75) is 59.8 Å². The van der Waals surface area contributed by atoms with E-state index in [0.29, 0.717) is 17.8 Å². The van der Waals surface area contributed by atoms with Crippen molar-refractivity contribution < 1.29 is 4.79 Å². The van der Waals surface area contributed by atoms with Gasteiger partial charge in [0.15, 0.2) is 0 Å². The Morgan fingerprint density at radius 1 is 1.14 bits per heavy atom. The van der Waals surface area contributed by atoms with E-state index in [1.807, 2.05) is 0 Å². The molecule has 2 rings (SSSR count). The van der Waals surface area contributed by atoms with E-state index in [2.05, 4.69) is 39.1 Å². The Bertz CT molecular complexity index is 444. The van der Waals surface area contributed by atoms with Crippen molar-refractivity contribution in [3.8, 4) is 0 Å². The molecular weight excluding hydrogens is 278 g/mol. The lowest BCUT2D eigenvalue weighted by Gasteiger charge is -2.24. The third-order valence-electron chi connectivity index (χ3n) is 4.68. The van der Waals surface area contributed by atoms with Crippen LogP contribution < -0.4 is 5.32 Å². The molecule has 0 bridgehead atoms. The van der Waals surface area contributed by atoms with Crippen molar-refractivity contribution in [1.82, 2.24) is 5.32 Å². The highest BCUT2D eigenvalue weighted by molar-refractivity contribution is 7.14. The molecule has 1 amide bonds. The van der Waals surface area contributed by atoms with Crippen molar-refractivity contribution in [3.63, 3.8) is 0 Å². The van der Waals surface area contributed by atoms with E-state index in [1.165, 1.54) is 29.7 Å². The minimum absolute atomic E-state index is 0.124. The fourth-order valence-electron chi connectivity index (χ4n) is 3.32. The van der Waals surface area contributed by atoms with Gasteiger partial charge >= 0.3 is 0 Å². The van der Waals surface area contributed by atoms with Crippen LogP contribution in [0.1, 0.15) is 67.1 Å². The zero-order valence-corrected chi connectivity index (χ0v) is 14.7. The zero-order chi connectivity index (χ0) is 15.4. The van der Waals surface area contributed by atoms with Gasteiger partial charge in [-0.3, -0.25) is 4.79 Å². The van der Waals surface area contributed by atoms with Crippen molar-refractivity contribution in [1.29, 1.82) is 0 Å². The van der Waals surface area contributed by atoms with Crippen molar-refractivity contribution in [2.75, 3.05) is 6.54 Å². The first-order chi connectivity index (χ1) is 9.99. The Morgan fingerprint density at radius 3 is 2.48 bits per heavy atom. The highest BCUT2D eigenvalue weighted by atomic mass is 32.1. The van der Waals surface area contributed by atoms with E-state index >= 15 is 0 Å². The minimum Gasteiger partial charge on any atom is -0.351 e. The lowest BCUT2D eigenvalue weighted by Crippen LogP contribution is -2.33. The first kappa shape index (κ1) is 16.5. The fourth-order valence-corrected chi connectivity index (χ4v) is 4.49. The maximum Gasteiger partial charge on any atom is 0.261 e. The number of nitrogens with one attached hydrogen (secondary N) is 1. The quantitative estimate of drug-likeness (QED) is 0.787. The van der Waals surface area contributed by atoms with Crippen LogP contribution in [0.3, 0.4) is 0 Å². The van der Waals surface area contributed by atoms with E-state index in [0.717, 1.165) is 24.3 Å². The lowest BCUT2D eigenvalue weighted by atomic mass is 9.85. The van der Waals surface area contributed by atoms with Gasteiger partial charge in [-0.05, 0) is 55.1 Å². The van der Waals surface area contributed by atoms with Gasteiger partial charge in [-0.1, -0.05) is 34.1 Å². The molecule has 0 atom stereocenters. The Labute approximate surface area is 133 Å². The molecule has 118 valence electrons. The number of amides is 1. The molecule has 1 heterocycles. The van der Waals surface area contributed by atoms with Gasteiger partial charge in [0.2, 0.25) is 0 Å². The van der Waals surface area contributed by atoms with E-state index < -0.39 is 0 Å². The lowest BCUT2D eigenvalue weighted by molar-refractivity contribution is 0.0941. The SMILES string of the molecule is CC(C)C(CNC(=O)c1cc2c(s1)CCCCC2)C(C)C. The molecule has 3 heteroatoms. The molecular formula is C18H29NOS. The summed E-state index contributed by atoms with van der Waals surface area (Å²) in [5.41, 5.74) is 1.42. The predicted octanol–water partition coefficient (Wildman–Crippen LogP) is 4.68. The summed E-state index contributed by atoms with van der Waals surface area (Å²) in [5.74, 6) is 1.88. The van der Waals surface area contributed by atoms with Crippen molar-refractivity contribution in [2.24, 2.45) is 17.8 Å².